The van der Waals surface area contributed by atoms with Crippen LogP contribution in [0.15, 0.2) is 42.6 Å². The van der Waals surface area contributed by atoms with Crippen molar-refractivity contribution < 1.29 is 23.1 Å². The standard InChI is InChI=1S/C20H21F3N2O2/c1-13-6-7-17(24-12-13)18(25-10-8-14(9-11-25)19(26)27)15-4-2-3-5-16(15)20(21,22)23/h2-7,12,14,18H,8-11H2,1H3,(H,26,27). The van der Waals surface area contributed by atoms with Gasteiger partial charge in [0.2, 0.25) is 0 Å². The molecule has 1 unspecified atom stereocenters. The molecular formula is C20H21F3N2O2. The van der Waals surface area contributed by atoms with E-state index in [1.54, 1.807) is 18.3 Å². The number of halogens is 3. The third-order valence-corrected chi connectivity index (χ3v) is 5.02. The molecule has 1 atom stereocenters. The summed E-state index contributed by atoms with van der Waals surface area (Å²) in [6, 6.07) is 8.45. The van der Waals surface area contributed by atoms with Crippen molar-refractivity contribution in [2.45, 2.75) is 32.0 Å². The van der Waals surface area contributed by atoms with Gasteiger partial charge in [-0.05, 0) is 56.1 Å². The number of alkyl halides is 3. The molecule has 1 aromatic heterocycles. The van der Waals surface area contributed by atoms with E-state index in [9.17, 15) is 23.1 Å². The van der Waals surface area contributed by atoms with Gasteiger partial charge in [-0.3, -0.25) is 14.7 Å². The van der Waals surface area contributed by atoms with Crippen LogP contribution in [0.4, 0.5) is 13.2 Å². The van der Waals surface area contributed by atoms with Crippen LogP contribution in [0, 0.1) is 12.8 Å². The van der Waals surface area contributed by atoms with E-state index in [1.165, 1.54) is 12.1 Å². The van der Waals surface area contributed by atoms with E-state index in [0.717, 1.165) is 11.6 Å². The first-order valence-electron chi connectivity index (χ1n) is 8.83. The second-order valence-corrected chi connectivity index (χ2v) is 6.90. The summed E-state index contributed by atoms with van der Waals surface area (Å²) in [5.41, 5.74) is 0.921. The molecule has 1 aromatic carbocycles. The summed E-state index contributed by atoms with van der Waals surface area (Å²) in [6.45, 7) is 2.68. The van der Waals surface area contributed by atoms with Gasteiger partial charge in [0.25, 0.3) is 0 Å². The molecule has 2 heterocycles. The molecule has 4 nitrogen and oxygen atoms in total. The fourth-order valence-electron chi connectivity index (χ4n) is 3.58. The van der Waals surface area contributed by atoms with Crippen molar-refractivity contribution in [1.82, 2.24) is 9.88 Å². The van der Waals surface area contributed by atoms with Crippen LogP contribution in [0.2, 0.25) is 0 Å². The number of benzene rings is 1. The molecular weight excluding hydrogens is 357 g/mol. The molecule has 0 radical (unpaired) electrons. The predicted molar refractivity (Wildman–Crippen MR) is 94.2 cm³/mol. The Morgan fingerprint density at radius 1 is 1.19 bits per heavy atom. The number of aryl methyl sites for hydroxylation is 1. The molecule has 3 rings (SSSR count). The normalized spacial score (nSPS) is 17.6. The quantitative estimate of drug-likeness (QED) is 0.862. The molecule has 144 valence electrons. The third-order valence-electron chi connectivity index (χ3n) is 5.02. The molecule has 7 heteroatoms. The maximum absolute atomic E-state index is 13.6. The topological polar surface area (TPSA) is 53.4 Å². The highest BCUT2D eigenvalue weighted by Gasteiger charge is 2.38. The maximum Gasteiger partial charge on any atom is 0.416 e. The number of aliphatic carboxylic acids is 1. The molecule has 27 heavy (non-hydrogen) atoms. The average Bonchev–Trinajstić information content (AvgIpc) is 2.63. The van der Waals surface area contributed by atoms with Crippen LogP contribution in [0.5, 0.6) is 0 Å². The van der Waals surface area contributed by atoms with Gasteiger partial charge in [-0.2, -0.15) is 13.2 Å². The van der Waals surface area contributed by atoms with Crippen molar-refractivity contribution in [3.63, 3.8) is 0 Å². The molecule has 0 bridgehead atoms. The number of hydrogen-bond donors (Lipinski definition) is 1. The number of rotatable bonds is 4. The summed E-state index contributed by atoms with van der Waals surface area (Å²) >= 11 is 0. The van der Waals surface area contributed by atoms with E-state index in [2.05, 4.69) is 4.98 Å². The fourth-order valence-corrected chi connectivity index (χ4v) is 3.58. The minimum atomic E-state index is -4.47. The summed E-state index contributed by atoms with van der Waals surface area (Å²) in [5.74, 6) is -1.30. The van der Waals surface area contributed by atoms with Gasteiger partial charge in [0.1, 0.15) is 0 Å². The summed E-state index contributed by atoms with van der Waals surface area (Å²) in [4.78, 5) is 17.5. The Hall–Kier alpha value is -2.41. The van der Waals surface area contributed by atoms with Crippen LogP contribution < -0.4 is 0 Å². The summed E-state index contributed by atoms with van der Waals surface area (Å²) in [6.07, 6.45) is -2.01. The van der Waals surface area contributed by atoms with E-state index < -0.39 is 29.7 Å². The van der Waals surface area contributed by atoms with Crippen molar-refractivity contribution in [2.75, 3.05) is 13.1 Å². The largest absolute Gasteiger partial charge is 0.481 e. The minimum absolute atomic E-state index is 0.148. The first-order valence-corrected chi connectivity index (χ1v) is 8.83. The molecule has 1 saturated heterocycles. The lowest BCUT2D eigenvalue weighted by Gasteiger charge is -2.37. The van der Waals surface area contributed by atoms with Crippen molar-refractivity contribution in [2.24, 2.45) is 5.92 Å². The van der Waals surface area contributed by atoms with Crippen LogP contribution in [-0.4, -0.2) is 34.0 Å². The smallest absolute Gasteiger partial charge is 0.416 e. The van der Waals surface area contributed by atoms with Crippen LogP contribution >= 0.6 is 0 Å². The number of nitrogens with zero attached hydrogens (tertiary/aromatic N) is 2. The highest BCUT2D eigenvalue weighted by molar-refractivity contribution is 5.70. The molecule has 1 aliphatic rings. The van der Waals surface area contributed by atoms with Crippen LogP contribution in [-0.2, 0) is 11.0 Å². The van der Waals surface area contributed by atoms with Crippen molar-refractivity contribution in [3.8, 4) is 0 Å². The van der Waals surface area contributed by atoms with Gasteiger partial charge in [0, 0.05) is 6.20 Å². The third kappa shape index (κ3) is 4.30. The van der Waals surface area contributed by atoms with Crippen LogP contribution in [0.25, 0.3) is 0 Å². The molecule has 0 aliphatic carbocycles. The Morgan fingerprint density at radius 3 is 2.41 bits per heavy atom. The van der Waals surface area contributed by atoms with Crippen molar-refractivity contribution >= 4 is 5.97 Å². The molecule has 0 spiro atoms. The van der Waals surface area contributed by atoms with Gasteiger partial charge in [0.05, 0.1) is 23.2 Å². The Morgan fingerprint density at radius 2 is 1.85 bits per heavy atom. The van der Waals surface area contributed by atoms with Gasteiger partial charge in [-0.25, -0.2) is 0 Å². The van der Waals surface area contributed by atoms with Crippen molar-refractivity contribution in [1.29, 1.82) is 0 Å². The molecule has 1 N–H and O–H groups in total. The Labute approximate surface area is 155 Å². The predicted octanol–water partition coefficient (Wildman–Crippen LogP) is 4.29. The van der Waals surface area contributed by atoms with Gasteiger partial charge >= 0.3 is 12.1 Å². The maximum atomic E-state index is 13.6. The van der Waals surface area contributed by atoms with Gasteiger partial charge in [-0.15, -0.1) is 0 Å². The van der Waals surface area contributed by atoms with E-state index in [0.29, 0.717) is 31.6 Å². The molecule has 1 fully saturated rings. The van der Waals surface area contributed by atoms with Gasteiger partial charge in [0.15, 0.2) is 0 Å². The van der Waals surface area contributed by atoms with E-state index in [1.807, 2.05) is 17.9 Å². The lowest BCUT2D eigenvalue weighted by Crippen LogP contribution is -2.40. The highest BCUT2D eigenvalue weighted by Crippen LogP contribution is 2.39. The first-order chi connectivity index (χ1) is 12.8. The number of carboxylic acid groups (broad SMARTS) is 1. The summed E-state index contributed by atoms with van der Waals surface area (Å²) in [5, 5.41) is 9.20. The SMILES string of the molecule is Cc1ccc(C(c2ccccc2C(F)(F)F)N2CCC(C(=O)O)CC2)nc1. The lowest BCUT2D eigenvalue weighted by molar-refractivity contribution is -0.143. The second-order valence-electron chi connectivity index (χ2n) is 6.90. The minimum Gasteiger partial charge on any atom is -0.481 e. The molecule has 1 aliphatic heterocycles. The van der Waals surface area contributed by atoms with E-state index in [-0.39, 0.29) is 5.56 Å². The molecule has 0 saturated carbocycles. The Kier molecular flexibility index (Phi) is 5.51. The highest BCUT2D eigenvalue weighted by atomic mass is 19.4. The van der Waals surface area contributed by atoms with Gasteiger partial charge < -0.3 is 5.11 Å². The number of aromatic nitrogens is 1. The summed E-state index contributed by atoms with van der Waals surface area (Å²) in [7, 11) is 0. The molecule has 0 amide bonds. The Balaban J connectivity index is 2.02. The number of carboxylic acids is 1. The lowest BCUT2D eigenvalue weighted by atomic mass is 9.91. The number of likely N-dealkylation sites (tertiary alicyclic amines) is 1. The van der Waals surface area contributed by atoms with Crippen LogP contribution in [0.1, 0.15) is 41.3 Å². The summed E-state index contributed by atoms with van der Waals surface area (Å²) < 4.78 is 40.8. The van der Waals surface area contributed by atoms with E-state index in [4.69, 9.17) is 0 Å². The zero-order chi connectivity index (χ0) is 19.6. The molecule has 2 aromatic rings. The van der Waals surface area contributed by atoms with Crippen molar-refractivity contribution in [3.05, 3.63) is 65.0 Å². The van der Waals surface area contributed by atoms with E-state index >= 15 is 0 Å². The van der Waals surface area contributed by atoms with Gasteiger partial charge in [-0.1, -0.05) is 24.3 Å². The first kappa shape index (κ1) is 19.4. The number of hydrogen-bond acceptors (Lipinski definition) is 3. The zero-order valence-electron chi connectivity index (χ0n) is 14.9. The monoisotopic (exact) mass is 378 g/mol. The number of carbonyl (C=O) groups is 1. The zero-order valence-corrected chi connectivity index (χ0v) is 14.9. The average molecular weight is 378 g/mol. The Bertz CT molecular complexity index is 798. The second kappa shape index (κ2) is 7.68. The van der Waals surface area contributed by atoms with Crippen LogP contribution in [0.3, 0.4) is 0 Å². The fraction of sp³-hybridized carbons (Fsp3) is 0.400. The number of piperidine rings is 1. The number of pyridine rings is 1.